The number of benzene rings is 2. The maximum Gasteiger partial charge on any atom is 0.334 e. The molecule has 6 nitrogen and oxygen atoms in total. The summed E-state index contributed by atoms with van der Waals surface area (Å²) in [5.41, 5.74) is 2.17. The molecule has 3 aromatic rings. The number of aliphatic hydroxyl groups excluding tert-OH is 1. The quantitative estimate of drug-likeness (QED) is 0.665. The Morgan fingerprint density at radius 3 is 2.58 bits per heavy atom. The maximum absolute atomic E-state index is 12.1. The molecule has 2 aromatic carbocycles. The zero-order chi connectivity index (χ0) is 18.5. The monoisotopic (exact) mass is 353 g/mol. The van der Waals surface area contributed by atoms with Crippen LogP contribution >= 0.6 is 0 Å². The van der Waals surface area contributed by atoms with Crippen LogP contribution in [0.1, 0.15) is 16.8 Å². The third-order valence-electron chi connectivity index (χ3n) is 4.03. The van der Waals surface area contributed by atoms with Crippen molar-refractivity contribution in [3.63, 3.8) is 0 Å². The first-order chi connectivity index (χ1) is 12.6. The van der Waals surface area contributed by atoms with Crippen LogP contribution < -0.4 is 5.32 Å². The van der Waals surface area contributed by atoms with Crippen molar-refractivity contribution in [3.8, 4) is 11.3 Å². The highest BCUT2D eigenvalue weighted by Gasteiger charge is 2.15. The van der Waals surface area contributed by atoms with E-state index in [0.717, 1.165) is 22.3 Å². The first kappa shape index (κ1) is 17.7. The number of aliphatic hydroxyl groups is 1. The highest BCUT2D eigenvalue weighted by Crippen LogP contribution is 2.27. The van der Waals surface area contributed by atoms with Gasteiger partial charge in [0.2, 0.25) is 0 Å². The van der Waals surface area contributed by atoms with E-state index < -0.39 is 12.1 Å². The smallest absolute Gasteiger partial charge is 0.334 e. The van der Waals surface area contributed by atoms with Crippen molar-refractivity contribution in [1.29, 1.82) is 0 Å². The number of esters is 1. The summed E-state index contributed by atoms with van der Waals surface area (Å²) in [4.78, 5) is 23.2. The van der Waals surface area contributed by atoms with Crippen LogP contribution in [0.4, 0.5) is 0 Å². The summed E-state index contributed by atoms with van der Waals surface area (Å²) in [6, 6.07) is 16.7. The summed E-state index contributed by atoms with van der Waals surface area (Å²) >= 11 is 0. The van der Waals surface area contributed by atoms with Crippen LogP contribution in [-0.2, 0) is 9.53 Å². The highest BCUT2D eigenvalue weighted by atomic mass is 16.5. The van der Waals surface area contributed by atoms with Crippen molar-refractivity contribution in [3.05, 3.63) is 60.2 Å². The standard InChI is InChI=1S/C20H19NO5/c1-25-20(24)16(22)10-11-21-19(23)14-8-6-13(7-9-14)18-12-15-4-2-3-5-17(15)26-18/h2-9,12,16,22H,10-11H2,1H3,(H,21,23)/t16-/m0/s1. The SMILES string of the molecule is COC(=O)[C@@H](O)CCNC(=O)c1ccc(-c2cc3ccccc3o2)cc1. The lowest BCUT2D eigenvalue weighted by Gasteiger charge is -2.09. The molecule has 0 aliphatic rings. The molecule has 134 valence electrons. The molecule has 0 fully saturated rings. The first-order valence-electron chi connectivity index (χ1n) is 8.21. The predicted molar refractivity (Wildman–Crippen MR) is 96.6 cm³/mol. The number of methoxy groups -OCH3 is 1. The number of rotatable bonds is 6. The molecule has 0 unspecified atom stereocenters. The zero-order valence-electron chi connectivity index (χ0n) is 14.3. The van der Waals surface area contributed by atoms with E-state index in [1.165, 1.54) is 7.11 Å². The Kier molecular flexibility index (Phi) is 5.34. The molecule has 0 saturated heterocycles. The molecule has 6 heteroatoms. The van der Waals surface area contributed by atoms with E-state index in [2.05, 4.69) is 10.1 Å². The minimum Gasteiger partial charge on any atom is -0.467 e. The fourth-order valence-electron chi connectivity index (χ4n) is 2.59. The summed E-state index contributed by atoms with van der Waals surface area (Å²) in [6.45, 7) is 0.167. The number of furan rings is 1. The highest BCUT2D eigenvalue weighted by molar-refractivity contribution is 5.94. The number of fused-ring (bicyclic) bond motifs is 1. The molecule has 1 aromatic heterocycles. The summed E-state index contributed by atoms with van der Waals surface area (Å²) in [5, 5.41) is 13.2. The van der Waals surface area contributed by atoms with Crippen LogP contribution in [0.15, 0.2) is 59.0 Å². The summed E-state index contributed by atoms with van der Waals surface area (Å²) in [7, 11) is 1.20. The molecule has 3 rings (SSSR count). The number of carbonyl (C=O) groups excluding carboxylic acids is 2. The summed E-state index contributed by atoms with van der Waals surface area (Å²) in [6.07, 6.45) is -1.15. The van der Waals surface area contributed by atoms with Crippen LogP contribution in [-0.4, -0.2) is 36.7 Å². The molecule has 0 aliphatic heterocycles. The van der Waals surface area contributed by atoms with E-state index in [9.17, 15) is 14.7 Å². The van der Waals surface area contributed by atoms with Gasteiger partial charge in [0.1, 0.15) is 11.3 Å². The number of para-hydroxylation sites is 1. The predicted octanol–water partition coefficient (Wildman–Crippen LogP) is 2.75. The van der Waals surface area contributed by atoms with Crippen LogP contribution in [0.25, 0.3) is 22.3 Å². The van der Waals surface area contributed by atoms with Crippen LogP contribution in [0, 0.1) is 0 Å². The van der Waals surface area contributed by atoms with Gasteiger partial charge in [-0.25, -0.2) is 4.79 Å². The van der Waals surface area contributed by atoms with Gasteiger partial charge in [-0.1, -0.05) is 30.3 Å². The van der Waals surface area contributed by atoms with Crippen LogP contribution in [0.3, 0.4) is 0 Å². The van der Waals surface area contributed by atoms with Crippen LogP contribution in [0.5, 0.6) is 0 Å². The van der Waals surface area contributed by atoms with Gasteiger partial charge in [0.05, 0.1) is 7.11 Å². The van der Waals surface area contributed by atoms with Gasteiger partial charge in [-0.05, 0) is 24.3 Å². The lowest BCUT2D eigenvalue weighted by molar-refractivity contribution is -0.150. The summed E-state index contributed by atoms with van der Waals surface area (Å²) < 4.78 is 10.2. The van der Waals surface area contributed by atoms with Gasteiger partial charge >= 0.3 is 5.97 Å². The van der Waals surface area contributed by atoms with E-state index >= 15 is 0 Å². The van der Waals surface area contributed by atoms with E-state index in [1.807, 2.05) is 42.5 Å². The van der Waals surface area contributed by atoms with Crippen molar-refractivity contribution in [2.45, 2.75) is 12.5 Å². The molecule has 0 spiro atoms. The Labute approximate surface area is 150 Å². The van der Waals surface area contributed by atoms with Gasteiger partial charge in [0, 0.05) is 29.5 Å². The molecule has 1 heterocycles. The molecular weight excluding hydrogens is 334 g/mol. The van der Waals surface area contributed by atoms with E-state index in [0.29, 0.717) is 5.56 Å². The zero-order valence-corrected chi connectivity index (χ0v) is 14.3. The summed E-state index contributed by atoms with van der Waals surface area (Å²) in [5.74, 6) is -0.257. The topological polar surface area (TPSA) is 88.8 Å². The molecule has 1 amide bonds. The first-order valence-corrected chi connectivity index (χ1v) is 8.21. The molecular formula is C20H19NO5. The van der Waals surface area contributed by atoms with Gasteiger partial charge < -0.3 is 19.6 Å². The Bertz CT molecular complexity index is 880. The van der Waals surface area contributed by atoms with Crippen molar-refractivity contribution < 1.29 is 23.8 Å². The molecule has 0 saturated carbocycles. The lowest BCUT2D eigenvalue weighted by atomic mass is 10.1. The molecule has 0 radical (unpaired) electrons. The molecule has 26 heavy (non-hydrogen) atoms. The van der Waals surface area contributed by atoms with E-state index in [1.54, 1.807) is 12.1 Å². The Morgan fingerprint density at radius 1 is 1.15 bits per heavy atom. The van der Waals surface area contributed by atoms with Gasteiger partial charge in [-0.15, -0.1) is 0 Å². The van der Waals surface area contributed by atoms with Gasteiger partial charge in [-0.3, -0.25) is 4.79 Å². The lowest BCUT2D eigenvalue weighted by Crippen LogP contribution is -2.30. The third-order valence-corrected chi connectivity index (χ3v) is 4.03. The molecule has 1 atom stereocenters. The molecule has 0 bridgehead atoms. The van der Waals surface area contributed by atoms with E-state index in [4.69, 9.17) is 4.42 Å². The van der Waals surface area contributed by atoms with Gasteiger partial charge in [-0.2, -0.15) is 0 Å². The third kappa shape index (κ3) is 3.92. The minimum absolute atomic E-state index is 0.0927. The minimum atomic E-state index is -1.24. The Hall–Kier alpha value is -3.12. The number of carbonyl (C=O) groups is 2. The van der Waals surface area contributed by atoms with Crippen molar-refractivity contribution in [1.82, 2.24) is 5.32 Å². The fourth-order valence-corrected chi connectivity index (χ4v) is 2.59. The number of hydrogen-bond acceptors (Lipinski definition) is 5. The maximum atomic E-state index is 12.1. The van der Waals surface area contributed by atoms with Crippen molar-refractivity contribution in [2.24, 2.45) is 0 Å². The molecule has 0 aliphatic carbocycles. The van der Waals surface area contributed by atoms with Crippen LogP contribution in [0.2, 0.25) is 0 Å². The number of ether oxygens (including phenoxy) is 1. The van der Waals surface area contributed by atoms with Crippen molar-refractivity contribution in [2.75, 3.05) is 13.7 Å². The van der Waals surface area contributed by atoms with Gasteiger partial charge in [0.25, 0.3) is 5.91 Å². The second-order valence-electron chi connectivity index (χ2n) is 5.81. The van der Waals surface area contributed by atoms with Gasteiger partial charge in [0.15, 0.2) is 6.10 Å². The number of nitrogens with one attached hydrogen (secondary N) is 1. The largest absolute Gasteiger partial charge is 0.467 e. The molecule has 2 N–H and O–H groups in total. The second kappa shape index (κ2) is 7.84. The average Bonchev–Trinajstić information content (AvgIpc) is 3.11. The van der Waals surface area contributed by atoms with E-state index in [-0.39, 0.29) is 18.9 Å². The number of hydrogen-bond donors (Lipinski definition) is 2. The Balaban J connectivity index is 1.61. The number of amides is 1. The van der Waals surface area contributed by atoms with Crippen molar-refractivity contribution >= 4 is 22.8 Å². The Morgan fingerprint density at radius 2 is 1.88 bits per heavy atom. The second-order valence-corrected chi connectivity index (χ2v) is 5.81. The average molecular weight is 353 g/mol. The normalized spacial score (nSPS) is 11.9. The fraction of sp³-hybridized carbons (Fsp3) is 0.200.